The van der Waals surface area contributed by atoms with Gasteiger partial charge in [-0.3, -0.25) is 4.79 Å². The van der Waals surface area contributed by atoms with Crippen molar-refractivity contribution in [2.24, 2.45) is 11.7 Å². The summed E-state index contributed by atoms with van der Waals surface area (Å²) in [6.07, 6.45) is 3.05. The molecular weight excluding hydrogens is 254 g/mol. The number of carbonyl (C=O) groups is 1. The maximum absolute atomic E-state index is 12.2. The summed E-state index contributed by atoms with van der Waals surface area (Å²) in [6.45, 7) is 4.71. The highest BCUT2D eigenvalue weighted by Gasteiger charge is 2.33. The Morgan fingerprint density at radius 2 is 2.17 bits per heavy atom. The molecule has 0 aromatic carbocycles. The quantitative estimate of drug-likeness (QED) is 0.725. The Labute approximate surface area is 109 Å². The van der Waals surface area contributed by atoms with Crippen molar-refractivity contribution in [3.63, 3.8) is 0 Å². The highest BCUT2D eigenvalue weighted by atomic mass is 32.2. The van der Waals surface area contributed by atoms with Gasteiger partial charge in [0.2, 0.25) is 15.9 Å². The third-order valence-electron chi connectivity index (χ3n) is 3.40. The van der Waals surface area contributed by atoms with E-state index in [-0.39, 0.29) is 11.9 Å². The lowest BCUT2D eigenvalue weighted by Crippen LogP contribution is -2.56. The van der Waals surface area contributed by atoms with E-state index < -0.39 is 16.1 Å². The monoisotopic (exact) mass is 277 g/mol. The summed E-state index contributed by atoms with van der Waals surface area (Å²) in [7, 11) is -3.37. The van der Waals surface area contributed by atoms with E-state index in [1.165, 1.54) is 0 Å². The predicted molar refractivity (Wildman–Crippen MR) is 70.4 cm³/mol. The summed E-state index contributed by atoms with van der Waals surface area (Å²) in [6, 6.07) is -0.727. The summed E-state index contributed by atoms with van der Waals surface area (Å²) in [5.74, 6) is 0.167. The van der Waals surface area contributed by atoms with Gasteiger partial charge >= 0.3 is 0 Å². The third-order valence-corrected chi connectivity index (χ3v) is 4.18. The first-order valence-electron chi connectivity index (χ1n) is 6.24. The van der Waals surface area contributed by atoms with Crippen LogP contribution in [0.1, 0.15) is 26.7 Å². The topological polar surface area (TPSA) is 92.5 Å². The van der Waals surface area contributed by atoms with Gasteiger partial charge in [0.05, 0.1) is 12.3 Å². The standard InChI is InChI=1S/C11H23N3O3S/c1-8-5-4-6-14(10(8)7-12)11(15)9(2)13-18(3,16)17/h8-10,13H,4-7,12H2,1-3H3. The average molecular weight is 277 g/mol. The van der Waals surface area contributed by atoms with E-state index >= 15 is 0 Å². The van der Waals surface area contributed by atoms with Crippen LogP contribution in [-0.4, -0.2) is 50.7 Å². The van der Waals surface area contributed by atoms with Gasteiger partial charge in [-0.2, -0.15) is 0 Å². The molecule has 3 atom stereocenters. The van der Waals surface area contributed by atoms with Gasteiger partial charge in [-0.25, -0.2) is 13.1 Å². The van der Waals surface area contributed by atoms with Gasteiger partial charge in [-0.05, 0) is 25.7 Å². The van der Waals surface area contributed by atoms with Gasteiger partial charge in [0.25, 0.3) is 0 Å². The zero-order valence-electron chi connectivity index (χ0n) is 11.2. The van der Waals surface area contributed by atoms with Crippen LogP contribution in [0.2, 0.25) is 0 Å². The minimum Gasteiger partial charge on any atom is -0.337 e. The molecule has 0 spiro atoms. The Kier molecular flexibility index (Phi) is 5.12. The fourth-order valence-electron chi connectivity index (χ4n) is 2.50. The number of hydrogen-bond acceptors (Lipinski definition) is 4. The SMILES string of the molecule is CC(NS(C)(=O)=O)C(=O)N1CCCC(C)C1CN. The fraction of sp³-hybridized carbons (Fsp3) is 0.909. The van der Waals surface area contributed by atoms with Gasteiger partial charge in [0, 0.05) is 19.1 Å². The largest absolute Gasteiger partial charge is 0.337 e. The fourth-order valence-corrected chi connectivity index (χ4v) is 3.25. The number of likely N-dealkylation sites (tertiary alicyclic amines) is 1. The second-order valence-corrected chi connectivity index (χ2v) is 6.85. The maximum atomic E-state index is 12.2. The number of hydrogen-bond donors (Lipinski definition) is 2. The average Bonchev–Trinajstić information content (AvgIpc) is 2.25. The highest BCUT2D eigenvalue weighted by Crippen LogP contribution is 2.23. The molecule has 1 aliphatic rings. The molecule has 1 aliphatic heterocycles. The zero-order chi connectivity index (χ0) is 13.9. The van der Waals surface area contributed by atoms with Crippen molar-refractivity contribution < 1.29 is 13.2 Å². The molecule has 0 aromatic rings. The number of rotatable bonds is 4. The van der Waals surface area contributed by atoms with Crippen molar-refractivity contribution in [3.05, 3.63) is 0 Å². The van der Waals surface area contributed by atoms with Crippen LogP contribution in [0.5, 0.6) is 0 Å². The van der Waals surface area contributed by atoms with Gasteiger partial charge in [-0.1, -0.05) is 6.92 Å². The number of piperidine rings is 1. The number of carbonyl (C=O) groups excluding carboxylic acids is 1. The van der Waals surface area contributed by atoms with E-state index in [4.69, 9.17) is 5.73 Å². The van der Waals surface area contributed by atoms with Crippen LogP contribution in [0.3, 0.4) is 0 Å². The highest BCUT2D eigenvalue weighted by molar-refractivity contribution is 7.88. The third kappa shape index (κ3) is 3.93. The number of nitrogens with two attached hydrogens (primary N) is 1. The molecule has 1 rings (SSSR count). The normalized spacial score (nSPS) is 27.0. The second kappa shape index (κ2) is 5.99. The van der Waals surface area contributed by atoms with E-state index in [2.05, 4.69) is 11.6 Å². The van der Waals surface area contributed by atoms with Gasteiger partial charge in [-0.15, -0.1) is 0 Å². The molecule has 1 saturated heterocycles. The summed E-state index contributed by atoms with van der Waals surface area (Å²) in [5, 5.41) is 0. The van der Waals surface area contributed by atoms with E-state index in [0.717, 1.165) is 19.1 Å². The van der Waals surface area contributed by atoms with Crippen molar-refractivity contribution in [3.8, 4) is 0 Å². The lowest BCUT2D eigenvalue weighted by atomic mass is 9.90. The van der Waals surface area contributed by atoms with Crippen molar-refractivity contribution in [1.82, 2.24) is 9.62 Å². The molecule has 0 radical (unpaired) electrons. The molecule has 0 aliphatic carbocycles. The maximum Gasteiger partial charge on any atom is 0.240 e. The molecule has 1 fully saturated rings. The Hall–Kier alpha value is -0.660. The van der Waals surface area contributed by atoms with Crippen LogP contribution in [-0.2, 0) is 14.8 Å². The Bertz CT molecular complexity index is 396. The van der Waals surface area contributed by atoms with Gasteiger partial charge < -0.3 is 10.6 Å². The molecule has 3 N–H and O–H groups in total. The van der Waals surface area contributed by atoms with Crippen LogP contribution in [0, 0.1) is 5.92 Å². The summed E-state index contributed by atoms with van der Waals surface area (Å²) >= 11 is 0. The van der Waals surface area contributed by atoms with Crippen LogP contribution < -0.4 is 10.5 Å². The minimum atomic E-state index is -3.37. The summed E-state index contributed by atoms with van der Waals surface area (Å²) in [5.41, 5.74) is 5.72. The van der Waals surface area contributed by atoms with Crippen LogP contribution in [0.25, 0.3) is 0 Å². The zero-order valence-corrected chi connectivity index (χ0v) is 12.0. The lowest BCUT2D eigenvalue weighted by molar-refractivity contribution is -0.137. The van der Waals surface area contributed by atoms with Crippen LogP contribution in [0.15, 0.2) is 0 Å². The van der Waals surface area contributed by atoms with Crippen LogP contribution >= 0.6 is 0 Å². The van der Waals surface area contributed by atoms with E-state index in [1.54, 1.807) is 11.8 Å². The van der Waals surface area contributed by atoms with Gasteiger partial charge in [0.15, 0.2) is 0 Å². The van der Waals surface area contributed by atoms with Crippen molar-refractivity contribution in [2.45, 2.75) is 38.8 Å². The minimum absolute atomic E-state index is 0.00932. The van der Waals surface area contributed by atoms with Crippen molar-refractivity contribution in [2.75, 3.05) is 19.3 Å². The number of amides is 1. The molecular formula is C11H23N3O3S. The molecule has 0 bridgehead atoms. The molecule has 1 heterocycles. The van der Waals surface area contributed by atoms with Crippen molar-refractivity contribution >= 4 is 15.9 Å². The van der Waals surface area contributed by atoms with Crippen LogP contribution in [0.4, 0.5) is 0 Å². The Morgan fingerprint density at radius 3 is 2.67 bits per heavy atom. The number of nitrogens with one attached hydrogen (secondary N) is 1. The molecule has 18 heavy (non-hydrogen) atoms. The first-order chi connectivity index (χ1) is 8.26. The second-order valence-electron chi connectivity index (χ2n) is 5.07. The smallest absolute Gasteiger partial charge is 0.240 e. The van der Waals surface area contributed by atoms with Gasteiger partial charge in [0.1, 0.15) is 0 Å². The Morgan fingerprint density at radius 1 is 1.56 bits per heavy atom. The van der Waals surface area contributed by atoms with E-state index in [1.807, 2.05) is 0 Å². The molecule has 1 amide bonds. The predicted octanol–water partition coefficient (Wildman–Crippen LogP) is -0.490. The molecule has 0 aromatic heterocycles. The molecule has 106 valence electrons. The van der Waals surface area contributed by atoms with Crippen molar-refractivity contribution in [1.29, 1.82) is 0 Å². The lowest BCUT2D eigenvalue weighted by Gasteiger charge is -2.40. The van der Waals surface area contributed by atoms with E-state index in [0.29, 0.717) is 19.0 Å². The number of nitrogens with zero attached hydrogens (tertiary/aromatic N) is 1. The summed E-state index contributed by atoms with van der Waals surface area (Å²) in [4.78, 5) is 14.0. The molecule has 0 saturated carbocycles. The first kappa shape index (κ1) is 15.4. The molecule has 6 nitrogen and oxygen atoms in total. The molecule has 7 heteroatoms. The number of sulfonamides is 1. The summed E-state index contributed by atoms with van der Waals surface area (Å²) < 4.78 is 24.6. The molecule has 3 unspecified atom stereocenters. The van der Waals surface area contributed by atoms with E-state index in [9.17, 15) is 13.2 Å². The Balaban J connectivity index is 2.75. The first-order valence-corrected chi connectivity index (χ1v) is 8.13.